The Kier molecular flexibility index (Phi) is 21.6. The summed E-state index contributed by atoms with van der Waals surface area (Å²) in [4.78, 5) is 19.9. The van der Waals surface area contributed by atoms with E-state index in [1.54, 1.807) is 18.6 Å². The van der Waals surface area contributed by atoms with Crippen LogP contribution in [-0.4, -0.2) is 128 Å². The van der Waals surface area contributed by atoms with Crippen LogP contribution in [0.3, 0.4) is 0 Å². The van der Waals surface area contributed by atoms with E-state index in [9.17, 15) is 0 Å². The van der Waals surface area contributed by atoms with Crippen LogP contribution in [0.1, 0.15) is 81.4 Å². The summed E-state index contributed by atoms with van der Waals surface area (Å²) >= 11 is 0. The summed E-state index contributed by atoms with van der Waals surface area (Å²) < 4.78 is 51.2. The van der Waals surface area contributed by atoms with Gasteiger partial charge in [-0.3, -0.25) is 14.7 Å². The molecule has 1 unspecified atom stereocenters. The second-order valence-electron chi connectivity index (χ2n) is 17.6. The normalized spacial score (nSPS) is 20.0. The molecule has 6 aliphatic rings. The third-order valence-electron chi connectivity index (χ3n) is 12.7. The van der Waals surface area contributed by atoms with Gasteiger partial charge in [0.1, 0.15) is 19.8 Å². The Hall–Kier alpha value is -6.33. The lowest BCUT2D eigenvalue weighted by Gasteiger charge is -2.27. The lowest BCUT2D eigenvalue weighted by molar-refractivity contribution is 0.0341. The van der Waals surface area contributed by atoms with E-state index >= 15 is 0 Å². The van der Waals surface area contributed by atoms with E-state index in [1.165, 1.54) is 16.7 Å². The summed E-state index contributed by atoms with van der Waals surface area (Å²) in [5, 5.41) is 0. The number of nitrogens with zero attached hydrogens (tertiary/aromatic N) is 6. The van der Waals surface area contributed by atoms with E-state index in [2.05, 4.69) is 102 Å². The maximum absolute atomic E-state index is 5.94. The van der Waals surface area contributed by atoms with Crippen molar-refractivity contribution in [1.82, 2.24) is 29.7 Å². The first-order chi connectivity index (χ1) is 34.1. The molecule has 12 rings (SSSR count). The summed E-state index contributed by atoms with van der Waals surface area (Å²) in [5.74, 6) is 3.86. The van der Waals surface area contributed by atoms with Crippen molar-refractivity contribution in [2.45, 2.75) is 67.7 Å². The molecule has 0 aliphatic carbocycles. The number of morpholine rings is 3. The van der Waals surface area contributed by atoms with Gasteiger partial charge in [-0.2, -0.15) is 0 Å². The quantitative estimate of drug-likeness (QED) is 0.136. The Morgan fingerprint density at radius 2 is 0.616 bits per heavy atom. The zero-order chi connectivity index (χ0) is 46.5. The fourth-order valence-electron chi connectivity index (χ4n) is 8.78. The van der Waals surface area contributed by atoms with Crippen LogP contribution in [0.15, 0.2) is 128 Å². The van der Waals surface area contributed by atoms with E-state index in [0.29, 0.717) is 54.7 Å². The molecule has 3 aromatic carbocycles. The molecule has 6 aliphatic heterocycles. The molecule has 0 spiro atoms. The molecule has 0 amide bonds. The van der Waals surface area contributed by atoms with E-state index in [0.717, 1.165) is 115 Å². The predicted molar refractivity (Wildman–Crippen MR) is 284 cm³/mol. The molecule has 0 saturated carbocycles. The predicted octanol–water partition coefficient (Wildman–Crippen LogP) is 9.82. The Bertz CT molecular complexity index is 2240. The second-order valence-corrected chi connectivity index (χ2v) is 17.6. The average molecular weight is 1000 g/mol. The van der Waals surface area contributed by atoms with Gasteiger partial charge < -0.3 is 42.6 Å². The van der Waals surface area contributed by atoms with Crippen molar-refractivity contribution in [1.29, 1.82) is 0 Å². The largest absolute Gasteiger partial charge is 0.484 e. The Morgan fingerprint density at radius 1 is 0.356 bits per heavy atom. The van der Waals surface area contributed by atoms with Gasteiger partial charge in [-0.1, -0.05) is 103 Å². The van der Waals surface area contributed by atoms with Crippen molar-refractivity contribution in [2.24, 2.45) is 0 Å². The van der Waals surface area contributed by atoms with Crippen LogP contribution < -0.4 is 28.4 Å². The van der Waals surface area contributed by atoms with Gasteiger partial charge in [-0.25, -0.2) is 15.0 Å². The van der Waals surface area contributed by atoms with Crippen LogP contribution in [0.2, 0.25) is 0 Å². The Morgan fingerprint density at radius 3 is 0.877 bits per heavy atom. The van der Waals surface area contributed by atoms with E-state index in [4.69, 9.17) is 42.6 Å². The average Bonchev–Trinajstić information content (AvgIpc) is 3.42. The van der Waals surface area contributed by atoms with Gasteiger partial charge in [0.2, 0.25) is 0 Å². The molecule has 15 heteroatoms. The number of benzene rings is 3. The smallest absolute Gasteiger partial charge is 0.257 e. The third-order valence-corrected chi connectivity index (χ3v) is 12.7. The highest BCUT2D eigenvalue weighted by Crippen LogP contribution is 2.36. The van der Waals surface area contributed by atoms with Gasteiger partial charge in [0.25, 0.3) is 17.6 Å². The van der Waals surface area contributed by atoms with Gasteiger partial charge in [0.05, 0.1) is 39.6 Å². The standard InChI is InChI=1S/3C18H20N2O3.4CH4/c3*1-2-16-18(19-7-1)23-17(13-22-16)15-5-3-14(4-6-15)12-20-8-10-21-11-9-20;;;;/h3*1-7,17H,8-13H2;4*1H4/t2*17-;;;;;/m10...../s1. The highest BCUT2D eigenvalue weighted by atomic mass is 16.6. The number of aromatic nitrogens is 3. The Balaban J connectivity index is 0.000000174. The van der Waals surface area contributed by atoms with Crippen LogP contribution in [-0.2, 0) is 33.8 Å². The second kappa shape index (κ2) is 28.2. The summed E-state index contributed by atoms with van der Waals surface area (Å²) in [5.41, 5.74) is 7.29. The number of hydrogen-bond acceptors (Lipinski definition) is 15. The lowest BCUT2D eigenvalue weighted by atomic mass is 10.1. The van der Waals surface area contributed by atoms with Gasteiger partial charge in [-0.15, -0.1) is 0 Å². The fourth-order valence-corrected chi connectivity index (χ4v) is 8.78. The van der Waals surface area contributed by atoms with Crippen LogP contribution >= 0.6 is 0 Å². The molecule has 392 valence electrons. The molecule has 9 heterocycles. The molecule has 0 N–H and O–H groups in total. The topological polar surface area (TPSA) is 131 Å². The third kappa shape index (κ3) is 15.4. The molecule has 3 fully saturated rings. The lowest BCUT2D eigenvalue weighted by Crippen LogP contribution is -2.35. The minimum absolute atomic E-state index is 0. The summed E-state index contributed by atoms with van der Waals surface area (Å²) in [7, 11) is 0. The summed E-state index contributed by atoms with van der Waals surface area (Å²) in [6.07, 6.45) is 4.85. The molecule has 15 nitrogen and oxygen atoms in total. The SMILES string of the molecule is C.C.C.C.c1cnc2c(c1)OCC(c1ccc(CN3CCOCC3)cc1)O2.c1cnc2c(c1)OC[C@@H](c1ccc(CN3CCOCC3)cc1)O2.c1cnc2c(c1)OC[C@H](c1ccc(CN3CCOCC3)cc1)O2. The molecule has 6 aromatic rings. The first kappa shape index (κ1) is 56.0. The molecule has 0 bridgehead atoms. The highest BCUT2D eigenvalue weighted by Gasteiger charge is 2.26. The zero-order valence-corrected chi connectivity index (χ0v) is 38.9. The summed E-state index contributed by atoms with van der Waals surface area (Å²) in [6.45, 7) is 15.5. The highest BCUT2D eigenvalue weighted by molar-refractivity contribution is 5.38. The monoisotopic (exact) mass is 1000 g/mol. The number of fused-ring (bicyclic) bond motifs is 3. The van der Waals surface area contributed by atoms with Crippen LogP contribution in [0.5, 0.6) is 34.9 Å². The van der Waals surface area contributed by atoms with Crippen molar-refractivity contribution < 1.29 is 42.6 Å². The number of pyridine rings is 3. The van der Waals surface area contributed by atoms with Crippen molar-refractivity contribution in [3.63, 3.8) is 0 Å². The molecular formula is C58H76N6O9. The maximum atomic E-state index is 5.94. The molecule has 0 radical (unpaired) electrons. The van der Waals surface area contributed by atoms with Crippen LogP contribution in [0.25, 0.3) is 0 Å². The fraction of sp³-hybridized carbons (Fsp3) is 0.431. The van der Waals surface area contributed by atoms with Crippen molar-refractivity contribution in [2.75, 3.05) is 98.7 Å². The van der Waals surface area contributed by atoms with Gasteiger partial charge in [-0.05, 0) is 69.8 Å². The first-order valence-electron chi connectivity index (χ1n) is 24.1. The summed E-state index contributed by atoms with van der Waals surface area (Å²) in [6, 6.07) is 36.9. The molecule has 3 atom stereocenters. The Labute approximate surface area is 433 Å². The molecule has 3 aromatic heterocycles. The number of ether oxygens (including phenoxy) is 9. The van der Waals surface area contributed by atoms with Crippen LogP contribution in [0, 0.1) is 0 Å². The van der Waals surface area contributed by atoms with Crippen molar-refractivity contribution >= 4 is 0 Å². The van der Waals surface area contributed by atoms with E-state index < -0.39 is 0 Å². The first-order valence-corrected chi connectivity index (χ1v) is 24.1. The zero-order valence-electron chi connectivity index (χ0n) is 38.9. The minimum Gasteiger partial charge on any atom is -0.484 e. The maximum Gasteiger partial charge on any atom is 0.257 e. The molecular weight excluding hydrogens is 925 g/mol. The number of rotatable bonds is 9. The van der Waals surface area contributed by atoms with Crippen molar-refractivity contribution in [3.05, 3.63) is 161 Å². The van der Waals surface area contributed by atoms with Crippen LogP contribution in [0.4, 0.5) is 0 Å². The van der Waals surface area contributed by atoms with Gasteiger partial charge in [0, 0.05) is 77.5 Å². The van der Waals surface area contributed by atoms with Gasteiger partial charge in [0.15, 0.2) is 35.6 Å². The number of hydrogen-bond donors (Lipinski definition) is 0. The molecule has 3 saturated heterocycles. The minimum atomic E-state index is -0.102. The van der Waals surface area contributed by atoms with E-state index in [-0.39, 0.29) is 48.0 Å². The van der Waals surface area contributed by atoms with Crippen molar-refractivity contribution in [3.8, 4) is 34.9 Å². The van der Waals surface area contributed by atoms with E-state index in [1.807, 2.05) is 36.4 Å². The van der Waals surface area contributed by atoms with Gasteiger partial charge >= 0.3 is 0 Å². The molecule has 73 heavy (non-hydrogen) atoms.